The monoisotopic (exact) mass is 249 g/mol. The van der Waals surface area contributed by atoms with Crippen LogP contribution in [-0.4, -0.2) is 34.4 Å². The number of nitrogens with two attached hydrogens (primary N) is 1. The van der Waals surface area contributed by atoms with Gasteiger partial charge in [0, 0.05) is 25.8 Å². The summed E-state index contributed by atoms with van der Waals surface area (Å²) in [4.78, 5) is 18.1. The van der Waals surface area contributed by atoms with Crippen LogP contribution in [0.1, 0.15) is 19.4 Å². The molecule has 18 heavy (non-hydrogen) atoms. The van der Waals surface area contributed by atoms with Gasteiger partial charge in [-0.05, 0) is 25.5 Å². The third-order valence-corrected chi connectivity index (χ3v) is 3.36. The van der Waals surface area contributed by atoms with Crippen molar-refractivity contribution in [2.45, 2.75) is 25.9 Å². The third kappa shape index (κ3) is 2.44. The number of carbonyl (C=O) groups excluding carboxylic acids is 1. The highest BCUT2D eigenvalue weighted by Gasteiger charge is 2.37. The molecular weight excluding hydrogens is 230 g/mol. The van der Waals surface area contributed by atoms with Crippen LogP contribution < -0.4 is 16.6 Å². The number of hydrazine groups is 1. The van der Waals surface area contributed by atoms with Gasteiger partial charge in [0.15, 0.2) is 0 Å². The van der Waals surface area contributed by atoms with Gasteiger partial charge in [-0.15, -0.1) is 0 Å². The van der Waals surface area contributed by atoms with Crippen molar-refractivity contribution in [2.75, 3.05) is 18.5 Å². The molecule has 6 nitrogen and oxygen atoms in total. The van der Waals surface area contributed by atoms with E-state index in [1.165, 1.54) is 0 Å². The summed E-state index contributed by atoms with van der Waals surface area (Å²) >= 11 is 0. The van der Waals surface area contributed by atoms with E-state index in [2.05, 4.69) is 20.6 Å². The second kappa shape index (κ2) is 4.91. The average Bonchev–Trinajstić information content (AvgIpc) is 2.36. The minimum Gasteiger partial charge on any atom is -0.353 e. The van der Waals surface area contributed by atoms with Gasteiger partial charge < -0.3 is 10.7 Å². The Balaban J connectivity index is 2.09. The maximum Gasteiger partial charge on any atom is 0.240 e. The van der Waals surface area contributed by atoms with Crippen molar-refractivity contribution >= 4 is 11.7 Å². The van der Waals surface area contributed by atoms with Crippen molar-refractivity contribution in [2.24, 2.45) is 5.84 Å². The Morgan fingerprint density at radius 2 is 2.33 bits per heavy atom. The van der Waals surface area contributed by atoms with Crippen LogP contribution in [0.5, 0.6) is 0 Å². The van der Waals surface area contributed by atoms with Gasteiger partial charge in [-0.3, -0.25) is 9.69 Å². The number of nitrogens with one attached hydrogen (secondary N) is 2. The van der Waals surface area contributed by atoms with Crippen LogP contribution in [0.3, 0.4) is 0 Å². The van der Waals surface area contributed by atoms with E-state index in [0.29, 0.717) is 18.9 Å². The Hall–Kier alpha value is -1.66. The van der Waals surface area contributed by atoms with Gasteiger partial charge in [-0.25, -0.2) is 10.8 Å². The van der Waals surface area contributed by atoms with Gasteiger partial charge in [-0.1, -0.05) is 6.07 Å². The molecule has 0 bridgehead atoms. The van der Waals surface area contributed by atoms with Gasteiger partial charge in [0.25, 0.3) is 0 Å². The number of rotatable bonds is 3. The lowest BCUT2D eigenvalue weighted by Crippen LogP contribution is -2.61. The number of aromatic nitrogens is 1. The quantitative estimate of drug-likeness (QED) is 0.522. The molecule has 0 atom stereocenters. The molecule has 1 aliphatic rings. The molecule has 1 amide bonds. The van der Waals surface area contributed by atoms with Crippen LogP contribution in [0.25, 0.3) is 0 Å². The van der Waals surface area contributed by atoms with E-state index in [1.807, 2.05) is 26.0 Å². The maximum absolute atomic E-state index is 11.8. The molecule has 0 aliphatic carbocycles. The Bertz CT molecular complexity index is 429. The Kier molecular flexibility index (Phi) is 3.49. The van der Waals surface area contributed by atoms with Crippen molar-refractivity contribution in [3.8, 4) is 0 Å². The lowest BCUT2D eigenvalue weighted by atomic mass is 9.98. The summed E-state index contributed by atoms with van der Waals surface area (Å²) in [5.74, 6) is 5.97. The number of carbonyl (C=O) groups is 1. The average molecular weight is 249 g/mol. The van der Waals surface area contributed by atoms with Crippen LogP contribution >= 0.6 is 0 Å². The first-order chi connectivity index (χ1) is 8.54. The fourth-order valence-corrected chi connectivity index (χ4v) is 2.04. The van der Waals surface area contributed by atoms with Crippen LogP contribution in [0.2, 0.25) is 0 Å². The molecule has 1 fully saturated rings. The first-order valence-electron chi connectivity index (χ1n) is 5.99. The topological polar surface area (TPSA) is 83.3 Å². The largest absolute Gasteiger partial charge is 0.353 e. The molecule has 0 saturated carbocycles. The molecule has 98 valence electrons. The van der Waals surface area contributed by atoms with E-state index in [0.717, 1.165) is 12.1 Å². The SMILES string of the molecule is CC1(C)C(=O)NCCN1Cc1ccc(NN)nc1. The van der Waals surface area contributed by atoms with Gasteiger partial charge >= 0.3 is 0 Å². The number of nitrogens with zero attached hydrogens (tertiary/aromatic N) is 2. The normalized spacial score (nSPS) is 19.4. The molecule has 0 radical (unpaired) electrons. The summed E-state index contributed by atoms with van der Waals surface area (Å²) in [6.07, 6.45) is 1.78. The summed E-state index contributed by atoms with van der Waals surface area (Å²) in [6.45, 7) is 6.11. The maximum atomic E-state index is 11.8. The Morgan fingerprint density at radius 1 is 1.56 bits per heavy atom. The molecule has 1 aromatic rings. The Labute approximate surface area is 107 Å². The lowest BCUT2D eigenvalue weighted by Gasteiger charge is -2.41. The predicted molar refractivity (Wildman–Crippen MR) is 69.5 cm³/mol. The first-order valence-corrected chi connectivity index (χ1v) is 5.99. The zero-order valence-corrected chi connectivity index (χ0v) is 10.7. The summed E-state index contributed by atoms with van der Waals surface area (Å²) < 4.78 is 0. The molecule has 4 N–H and O–H groups in total. The molecule has 1 aliphatic heterocycles. The lowest BCUT2D eigenvalue weighted by molar-refractivity contribution is -0.135. The highest BCUT2D eigenvalue weighted by Crippen LogP contribution is 2.20. The van der Waals surface area contributed by atoms with Crippen LogP contribution in [0.4, 0.5) is 5.82 Å². The molecule has 0 aromatic carbocycles. The molecule has 1 saturated heterocycles. The summed E-state index contributed by atoms with van der Waals surface area (Å²) in [6, 6.07) is 3.79. The number of anilines is 1. The number of amides is 1. The zero-order valence-electron chi connectivity index (χ0n) is 10.7. The predicted octanol–water partition coefficient (Wildman–Crippen LogP) is 0.0776. The standard InChI is InChI=1S/C12H19N5O/c1-12(2)11(18)14-5-6-17(12)8-9-3-4-10(16-13)15-7-9/h3-4,7H,5-6,8,13H2,1-2H3,(H,14,18)(H,15,16). The van der Waals surface area contributed by atoms with Crippen LogP contribution in [-0.2, 0) is 11.3 Å². The number of hydrogen-bond donors (Lipinski definition) is 3. The molecule has 1 aromatic heterocycles. The third-order valence-electron chi connectivity index (χ3n) is 3.36. The molecule has 2 rings (SSSR count). The van der Waals surface area contributed by atoms with E-state index in [4.69, 9.17) is 5.84 Å². The zero-order chi connectivity index (χ0) is 13.2. The van der Waals surface area contributed by atoms with E-state index in [1.54, 1.807) is 6.20 Å². The smallest absolute Gasteiger partial charge is 0.240 e. The second-order valence-electron chi connectivity index (χ2n) is 4.93. The van der Waals surface area contributed by atoms with Crippen molar-refractivity contribution in [1.82, 2.24) is 15.2 Å². The van der Waals surface area contributed by atoms with E-state index in [-0.39, 0.29) is 5.91 Å². The fourth-order valence-electron chi connectivity index (χ4n) is 2.04. The molecule has 6 heteroatoms. The minimum absolute atomic E-state index is 0.0713. The van der Waals surface area contributed by atoms with E-state index in [9.17, 15) is 4.79 Å². The van der Waals surface area contributed by atoms with Crippen LogP contribution in [0.15, 0.2) is 18.3 Å². The number of hydrogen-bond acceptors (Lipinski definition) is 5. The van der Waals surface area contributed by atoms with Crippen molar-refractivity contribution in [3.63, 3.8) is 0 Å². The molecule has 2 heterocycles. The van der Waals surface area contributed by atoms with Gasteiger partial charge in [0.2, 0.25) is 5.91 Å². The molecule has 0 spiro atoms. The molecule has 0 unspecified atom stereocenters. The fraction of sp³-hybridized carbons (Fsp3) is 0.500. The number of nitrogen functional groups attached to an aromatic ring is 1. The summed E-state index contributed by atoms with van der Waals surface area (Å²) in [5.41, 5.74) is 3.08. The van der Waals surface area contributed by atoms with Gasteiger partial charge in [0.05, 0.1) is 5.54 Å². The highest BCUT2D eigenvalue weighted by atomic mass is 16.2. The van der Waals surface area contributed by atoms with E-state index < -0.39 is 5.54 Å². The van der Waals surface area contributed by atoms with E-state index >= 15 is 0 Å². The second-order valence-corrected chi connectivity index (χ2v) is 4.93. The molecular formula is C12H19N5O. The number of piperazine rings is 1. The van der Waals surface area contributed by atoms with Crippen molar-refractivity contribution < 1.29 is 4.79 Å². The Morgan fingerprint density at radius 3 is 2.94 bits per heavy atom. The first kappa shape index (κ1) is 12.8. The summed E-state index contributed by atoms with van der Waals surface area (Å²) in [7, 11) is 0. The summed E-state index contributed by atoms with van der Waals surface area (Å²) in [5, 5.41) is 2.88. The minimum atomic E-state index is -0.483. The van der Waals surface area contributed by atoms with Crippen molar-refractivity contribution in [1.29, 1.82) is 0 Å². The number of pyridine rings is 1. The van der Waals surface area contributed by atoms with Crippen molar-refractivity contribution in [3.05, 3.63) is 23.9 Å². The van der Waals surface area contributed by atoms with Gasteiger partial charge in [0.1, 0.15) is 5.82 Å². The highest BCUT2D eigenvalue weighted by molar-refractivity contribution is 5.86. The van der Waals surface area contributed by atoms with Gasteiger partial charge in [-0.2, -0.15) is 0 Å². The van der Waals surface area contributed by atoms with Crippen LogP contribution in [0, 0.1) is 0 Å².